The Labute approximate surface area is 240 Å². The fraction of sp³-hybridized carbons (Fsp3) is 0.414. The maximum absolute atomic E-state index is 13.2. The molecule has 2 rings (SSSR count). The second kappa shape index (κ2) is 14.5. The molecule has 10 nitrogen and oxygen atoms in total. The molecule has 0 spiro atoms. The monoisotopic (exact) mass is 594 g/mol. The van der Waals surface area contributed by atoms with E-state index < -0.39 is 66.3 Å². The van der Waals surface area contributed by atoms with Crippen LogP contribution in [0.25, 0.3) is 0 Å². The fourth-order valence-corrected chi connectivity index (χ4v) is 4.08. The van der Waals surface area contributed by atoms with Crippen LogP contribution < -0.4 is 20.1 Å². The van der Waals surface area contributed by atoms with Gasteiger partial charge in [0.25, 0.3) is 0 Å². The average molecular weight is 595 g/mol. The summed E-state index contributed by atoms with van der Waals surface area (Å²) >= 11 is 0. The lowest BCUT2D eigenvalue weighted by Gasteiger charge is -2.25. The number of carboxylic acid groups (broad SMARTS) is 1. The number of carbonyl (C=O) groups excluding carboxylic acids is 4. The highest BCUT2D eigenvalue weighted by Gasteiger charge is 2.34. The third-order valence-corrected chi connectivity index (χ3v) is 6.35. The van der Waals surface area contributed by atoms with E-state index in [1.165, 1.54) is 39.2 Å². The van der Waals surface area contributed by atoms with Crippen molar-refractivity contribution in [1.29, 1.82) is 0 Å². The molecule has 0 aromatic heterocycles. The van der Waals surface area contributed by atoms with E-state index in [0.717, 1.165) is 12.1 Å². The van der Waals surface area contributed by atoms with Gasteiger partial charge in [-0.3, -0.25) is 24.0 Å². The maximum atomic E-state index is 13.2. The van der Waals surface area contributed by atoms with Crippen LogP contribution in [0, 0.1) is 12.8 Å². The summed E-state index contributed by atoms with van der Waals surface area (Å²) < 4.78 is 50.1. The standard InChI is InChI=1S/C29H33F3N2O8/c1-15(2)27(34-25(37)12-19-11-18(17(4)35)9-10-24(19)41-5)28(40)33-21(13-26(38)39)22(36)14-42-23-8-6-7-20(16(23)3)29(30,31)32/h6-11,15,21,27H,12-14H2,1-5H3,(H,33,40)(H,34,37)(H,38,39)/t21?,27-/m0/s1. The van der Waals surface area contributed by atoms with Crippen molar-refractivity contribution < 1.29 is 51.7 Å². The summed E-state index contributed by atoms with van der Waals surface area (Å²) in [5, 5.41) is 14.2. The minimum absolute atomic E-state index is 0.222. The number of carbonyl (C=O) groups is 5. The summed E-state index contributed by atoms with van der Waals surface area (Å²) in [6, 6.07) is 5.00. The second-order valence-corrected chi connectivity index (χ2v) is 9.89. The zero-order chi connectivity index (χ0) is 31.8. The molecule has 0 saturated carbocycles. The van der Waals surface area contributed by atoms with Gasteiger partial charge in [-0.1, -0.05) is 19.9 Å². The molecule has 13 heteroatoms. The first-order valence-corrected chi connectivity index (χ1v) is 12.9. The molecular weight excluding hydrogens is 561 g/mol. The van der Waals surface area contributed by atoms with Crippen molar-refractivity contribution in [3.8, 4) is 11.5 Å². The van der Waals surface area contributed by atoms with E-state index in [0.29, 0.717) is 16.9 Å². The fourth-order valence-electron chi connectivity index (χ4n) is 4.08. The lowest BCUT2D eigenvalue weighted by molar-refractivity contribution is -0.141. The number of nitrogens with one attached hydrogen (secondary N) is 2. The lowest BCUT2D eigenvalue weighted by atomic mass is 10.0. The first kappa shape index (κ1) is 33.8. The van der Waals surface area contributed by atoms with Crippen LogP contribution in [0.3, 0.4) is 0 Å². The van der Waals surface area contributed by atoms with Gasteiger partial charge in [-0.15, -0.1) is 0 Å². The van der Waals surface area contributed by atoms with E-state index in [4.69, 9.17) is 9.47 Å². The van der Waals surface area contributed by atoms with E-state index in [1.54, 1.807) is 19.9 Å². The van der Waals surface area contributed by atoms with Crippen molar-refractivity contribution in [3.63, 3.8) is 0 Å². The summed E-state index contributed by atoms with van der Waals surface area (Å²) in [4.78, 5) is 62.0. The smallest absolute Gasteiger partial charge is 0.416 e. The van der Waals surface area contributed by atoms with Crippen LogP contribution in [-0.4, -0.2) is 60.3 Å². The number of ketones is 2. The number of ether oxygens (including phenoxy) is 2. The van der Waals surface area contributed by atoms with Crippen LogP contribution in [0.4, 0.5) is 13.2 Å². The van der Waals surface area contributed by atoms with Crippen molar-refractivity contribution in [1.82, 2.24) is 10.6 Å². The molecular formula is C29H33F3N2O8. The molecule has 2 aromatic carbocycles. The second-order valence-electron chi connectivity index (χ2n) is 9.89. The molecule has 1 unspecified atom stereocenters. The Bertz CT molecular complexity index is 1340. The predicted molar refractivity (Wildman–Crippen MR) is 144 cm³/mol. The number of hydrogen-bond donors (Lipinski definition) is 3. The Morgan fingerprint density at radius 1 is 1.00 bits per heavy atom. The van der Waals surface area contributed by atoms with E-state index in [-0.39, 0.29) is 23.5 Å². The molecule has 0 aliphatic carbocycles. The number of methoxy groups -OCH3 is 1. The molecule has 3 N–H and O–H groups in total. The van der Waals surface area contributed by atoms with Crippen LogP contribution >= 0.6 is 0 Å². The number of aliphatic carboxylic acids is 1. The van der Waals surface area contributed by atoms with Crippen LogP contribution in [0.15, 0.2) is 36.4 Å². The molecule has 0 radical (unpaired) electrons. The number of carboxylic acids is 1. The van der Waals surface area contributed by atoms with E-state index in [1.807, 2.05) is 0 Å². The van der Waals surface area contributed by atoms with Gasteiger partial charge in [-0.05, 0) is 50.1 Å². The quantitative estimate of drug-likeness (QED) is 0.282. The number of amides is 2. The largest absolute Gasteiger partial charge is 0.496 e. The van der Waals surface area contributed by atoms with Crippen LogP contribution in [-0.2, 0) is 31.8 Å². The van der Waals surface area contributed by atoms with E-state index in [9.17, 15) is 42.3 Å². The highest BCUT2D eigenvalue weighted by molar-refractivity contribution is 5.96. The van der Waals surface area contributed by atoms with E-state index >= 15 is 0 Å². The SMILES string of the molecule is COc1ccc(C(C)=O)cc1CC(=O)N[C@H](C(=O)NC(CC(=O)O)C(=O)COc1cccc(C(F)(F)F)c1C)C(C)C. The summed E-state index contributed by atoms with van der Waals surface area (Å²) in [7, 11) is 1.40. The zero-order valence-corrected chi connectivity index (χ0v) is 23.8. The molecule has 228 valence electrons. The Morgan fingerprint density at radius 3 is 2.21 bits per heavy atom. The van der Waals surface area contributed by atoms with Gasteiger partial charge in [0.2, 0.25) is 11.8 Å². The summed E-state index contributed by atoms with van der Waals surface area (Å²) in [5.41, 5.74) is -0.463. The van der Waals surface area contributed by atoms with Crippen LogP contribution in [0.2, 0.25) is 0 Å². The third kappa shape index (κ3) is 9.32. The van der Waals surface area contributed by atoms with Crippen molar-refractivity contribution in [2.75, 3.05) is 13.7 Å². The molecule has 0 aliphatic rings. The first-order chi connectivity index (χ1) is 19.5. The molecule has 2 atom stereocenters. The molecule has 0 aliphatic heterocycles. The van der Waals surface area contributed by atoms with Gasteiger partial charge >= 0.3 is 12.1 Å². The van der Waals surface area contributed by atoms with Crippen molar-refractivity contribution in [2.45, 2.75) is 58.8 Å². The van der Waals surface area contributed by atoms with Crippen molar-refractivity contribution >= 4 is 29.4 Å². The zero-order valence-electron chi connectivity index (χ0n) is 23.8. The summed E-state index contributed by atoms with van der Waals surface area (Å²) in [5.74, 6) is -4.37. The summed E-state index contributed by atoms with van der Waals surface area (Å²) in [6.07, 6.45) is -5.73. The first-order valence-electron chi connectivity index (χ1n) is 12.9. The Morgan fingerprint density at radius 2 is 1.67 bits per heavy atom. The average Bonchev–Trinajstić information content (AvgIpc) is 2.89. The number of benzene rings is 2. The van der Waals surface area contributed by atoms with Gasteiger partial charge in [0, 0.05) is 16.7 Å². The van der Waals surface area contributed by atoms with Crippen LogP contribution in [0.5, 0.6) is 11.5 Å². The molecule has 42 heavy (non-hydrogen) atoms. The molecule has 0 saturated heterocycles. The topological polar surface area (TPSA) is 148 Å². The maximum Gasteiger partial charge on any atom is 0.416 e. The highest BCUT2D eigenvalue weighted by atomic mass is 19.4. The number of alkyl halides is 3. The van der Waals surface area contributed by atoms with Gasteiger partial charge in [-0.2, -0.15) is 13.2 Å². The number of hydrogen-bond acceptors (Lipinski definition) is 7. The highest BCUT2D eigenvalue weighted by Crippen LogP contribution is 2.35. The third-order valence-electron chi connectivity index (χ3n) is 6.35. The molecule has 2 aromatic rings. The number of halogens is 3. The van der Waals surface area contributed by atoms with Gasteiger partial charge in [0.1, 0.15) is 30.2 Å². The van der Waals surface area contributed by atoms with Crippen molar-refractivity contribution in [3.05, 3.63) is 58.7 Å². The molecule has 0 bridgehead atoms. The van der Waals surface area contributed by atoms with Crippen LogP contribution in [0.1, 0.15) is 54.2 Å². The Balaban J connectivity index is 2.16. The van der Waals surface area contributed by atoms with Gasteiger partial charge in [-0.25, -0.2) is 0 Å². The summed E-state index contributed by atoms with van der Waals surface area (Å²) in [6.45, 7) is 4.96. The molecule has 0 fully saturated rings. The number of rotatable bonds is 14. The van der Waals surface area contributed by atoms with E-state index in [2.05, 4.69) is 10.6 Å². The number of Topliss-reactive ketones (excluding diaryl/α,β-unsaturated/α-hetero) is 2. The predicted octanol–water partition coefficient (Wildman–Crippen LogP) is 3.52. The molecule has 2 amide bonds. The Hall–Kier alpha value is -4.42. The normalized spacial score (nSPS) is 12.7. The van der Waals surface area contributed by atoms with Gasteiger partial charge < -0.3 is 25.2 Å². The minimum atomic E-state index is -4.65. The van der Waals surface area contributed by atoms with Crippen molar-refractivity contribution in [2.24, 2.45) is 5.92 Å². The van der Waals surface area contributed by atoms with Gasteiger partial charge in [0.05, 0.1) is 25.5 Å². The lowest BCUT2D eigenvalue weighted by Crippen LogP contribution is -2.54. The van der Waals surface area contributed by atoms with Gasteiger partial charge in [0.15, 0.2) is 11.6 Å². The minimum Gasteiger partial charge on any atom is -0.496 e. The Kier molecular flexibility index (Phi) is 11.6. The molecule has 0 heterocycles.